The van der Waals surface area contributed by atoms with Crippen LogP contribution >= 0.6 is 11.6 Å². The zero-order valence-corrected chi connectivity index (χ0v) is 40.3. The lowest BCUT2D eigenvalue weighted by atomic mass is 10.1. The minimum Gasteiger partial charge on any atom is -0.494 e. The normalized spacial score (nSPS) is 12.5. The average Bonchev–Trinajstić information content (AvgIpc) is 3.62. The van der Waals surface area contributed by atoms with Crippen molar-refractivity contribution >= 4 is 57.9 Å². The molecule has 0 bridgehead atoms. The van der Waals surface area contributed by atoms with Gasteiger partial charge in [0.25, 0.3) is 0 Å². The Bertz CT molecular complexity index is 2520. The summed E-state index contributed by atoms with van der Waals surface area (Å²) in [6.45, 7) is 13.6. The van der Waals surface area contributed by atoms with Crippen molar-refractivity contribution in [2.75, 3.05) is 25.1 Å². The van der Waals surface area contributed by atoms with Gasteiger partial charge in [-0.15, -0.1) is 0 Å². The third kappa shape index (κ3) is 15.7. The summed E-state index contributed by atoms with van der Waals surface area (Å²) < 4.78 is 59.3. The summed E-state index contributed by atoms with van der Waals surface area (Å²) in [5, 5.41) is 14.0. The largest absolute Gasteiger partial charge is 0.494 e. The number of carbonyl (C=O) groups is 4. The summed E-state index contributed by atoms with van der Waals surface area (Å²) in [5.74, 6) is -2.53. The van der Waals surface area contributed by atoms with E-state index in [2.05, 4.69) is 25.9 Å². The highest BCUT2D eigenvalue weighted by Gasteiger charge is 2.28. The first-order chi connectivity index (χ1) is 32.2. The van der Waals surface area contributed by atoms with Gasteiger partial charge in [-0.3, -0.25) is 19.3 Å². The Hall–Kier alpha value is -6.63. The number of fused-ring (bicyclic) bond motifs is 1. The molecule has 0 radical (unpaired) electrons. The van der Waals surface area contributed by atoms with E-state index in [1.54, 1.807) is 78.8 Å². The van der Waals surface area contributed by atoms with Crippen LogP contribution in [0.5, 0.6) is 11.5 Å². The third-order valence-corrected chi connectivity index (χ3v) is 9.99. The van der Waals surface area contributed by atoms with E-state index in [0.717, 1.165) is 12.1 Å². The van der Waals surface area contributed by atoms with Crippen LogP contribution in [0.3, 0.4) is 0 Å². The molecule has 3 aromatic heterocycles. The van der Waals surface area contributed by atoms with Crippen LogP contribution in [0.2, 0.25) is 5.02 Å². The number of para-hydroxylation sites is 1. The maximum absolute atomic E-state index is 15.2. The van der Waals surface area contributed by atoms with Gasteiger partial charge in [0.15, 0.2) is 17.4 Å². The molecule has 0 aliphatic heterocycles. The fourth-order valence-electron chi connectivity index (χ4n) is 6.65. The van der Waals surface area contributed by atoms with Crippen LogP contribution < -0.4 is 25.4 Å². The summed E-state index contributed by atoms with van der Waals surface area (Å²) in [5.41, 5.74) is -0.232. The van der Waals surface area contributed by atoms with Gasteiger partial charge >= 0.3 is 18.0 Å². The van der Waals surface area contributed by atoms with Crippen LogP contribution in [0.25, 0.3) is 22.4 Å². The first kappa shape index (κ1) is 52.3. The predicted octanol–water partition coefficient (Wildman–Crippen LogP) is 9.01. The van der Waals surface area contributed by atoms with Gasteiger partial charge in [0, 0.05) is 48.3 Å². The molecule has 2 aromatic carbocycles. The summed E-state index contributed by atoms with van der Waals surface area (Å²) in [7, 11) is 0. The van der Waals surface area contributed by atoms with Gasteiger partial charge in [0.05, 0.1) is 48.8 Å². The number of ether oxygens (including phenoxy) is 5. The number of hydrogen-bond acceptors (Lipinski definition) is 14. The molecule has 3 heterocycles. The quantitative estimate of drug-likeness (QED) is 0.0336. The Morgan fingerprint density at radius 2 is 1.59 bits per heavy atom. The predicted molar refractivity (Wildman–Crippen MR) is 251 cm³/mol. The van der Waals surface area contributed by atoms with Gasteiger partial charge in [0.1, 0.15) is 46.4 Å². The van der Waals surface area contributed by atoms with Crippen molar-refractivity contribution in [3.63, 3.8) is 0 Å². The minimum atomic E-state index is -1.07. The molecule has 2 atom stereocenters. The lowest BCUT2D eigenvalue weighted by molar-refractivity contribution is -0.155. The fourth-order valence-corrected chi connectivity index (χ4v) is 6.81. The molecular formula is C48H59ClF2N8O9. The standard InChI is InChI=1S/C48H59ClF2N8O9/c1-9-64-30-24-34(50)32(35(51)25-30)28-59-38-18-14-13-16-31(38)41(58-59)43-53-27-39(42(57-43)55-36-20-21-52-26-33(36)49)65-22-15-23-66-45(62)29(2)54-44(61)37(56-46(63)68-48(6,7)8)17-11-10-12-19-40(60)67-47(3,4)5/h13-14,16,18,20-21,24-27,29,37H,9-12,15,17,19,22-23,28H2,1-8H3,(H,54,61)(H,56,63)(H,52,53,55,57)/t29-,37-/m0/s1. The van der Waals surface area contributed by atoms with Gasteiger partial charge < -0.3 is 39.6 Å². The third-order valence-electron chi connectivity index (χ3n) is 9.69. The minimum absolute atomic E-state index is 0.0437. The van der Waals surface area contributed by atoms with Gasteiger partial charge in [-0.1, -0.05) is 42.6 Å². The van der Waals surface area contributed by atoms with Crippen LogP contribution in [0.4, 0.5) is 25.1 Å². The second-order valence-corrected chi connectivity index (χ2v) is 18.1. The number of rotatable bonds is 22. The van der Waals surface area contributed by atoms with Crippen molar-refractivity contribution < 1.29 is 51.6 Å². The number of esters is 2. The zero-order valence-electron chi connectivity index (χ0n) is 39.5. The average molecular weight is 965 g/mol. The van der Waals surface area contributed by atoms with Crippen molar-refractivity contribution in [2.45, 2.75) is 124 Å². The molecule has 0 aliphatic rings. The number of nitrogens with one attached hydrogen (secondary N) is 3. The summed E-state index contributed by atoms with van der Waals surface area (Å²) in [6.07, 6.45) is 5.91. The van der Waals surface area contributed by atoms with E-state index < -0.39 is 52.9 Å². The van der Waals surface area contributed by atoms with E-state index in [1.807, 2.05) is 0 Å². The van der Waals surface area contributed by atoms with Crippen LogP contribution in [0.15, 0.2) is 61.1 Å². The molecule has 0 aliphatic carbocycles. The maximum Gasteiger partial charge on any atom is 0.408 e. The number of amides is 2. The number of unbranched alkanes of at least 4 members (excludes halogenated alkanes) is 2. The molecule has 2 amide bonds. The Morgan fingerprint density at radius 1 is 0.868 bits per heavy atom. The number of nitrogens with zero attached hydrogens (tertiary/aromatic N) is 5. The van der Waals surface area contributed by atoms with Crippen molar-refractivity contribution in [1.82, 2.24) is 35.4 Å². The molecule has 5 rings (SSSR count). The monoisotopic (exact) mass is 964 g/mol. The van der Waals surface area contributed by atoms with Crippen LogP contribution in [-0.2, 0) is 35.1 Å². The highest BCUT2D eigenvalue weighted by Crippen LogP contribution is 2.33. The van der Waals surface area contributed by atoms with E-state index in [0.29, 0.717) is 46.6 Å². The summed E-state index contributed by atoms with van der Waals surface area (Å²) in [4.78, 5) is 64.4. The van der Waals surface area contributed by atoms with E-state index >= 15 is 8.78 Å². The molecule has 5 aromatic rings. The Balaban J connectivity index is 1.22. The first-order valence-electron chi connectivity index (χ1n) is 22.3. The van der Waals surface area contributed by atoms with Gasteiger partial charge in [-0.25, -0.2) is 28.3 Å². The molecule has 0 saturated carbocycles. The SMILES string of the molecule is CCOc1cc(F)c(Cn2nc(-c3ncc(OCCCOC(=O)[C@H](C)NC(=O)[C@H](CCCCCC(=O)OC(C)(C)C)NC(=O)OC(C)(C)C)c(Nc4ccncc4Cl)n3)c3ccccc32)c(F)c1. The number of aromatic nitrogens is 5. The van der Waals surface area contributed by atoms with Gasteiger partial charge in [-0.05, 0) is 80.4 Å². The fraction of sp³-hybridized carbons (Fsp3) is 0.458. The first-order valence-corrected chi connectivity index (χ1v) is 22.7. The Labute approximate surface area is 399 Å². The lowest BCUT2D eigenvalue weighted by Gasteiger charge is -2.24. The number of benzene rings is 2. The zero-order chi connectivity index (χ0) is 49.6. The van der Waals surface area contributed by atoms with Crippen molar-refractivity contribution in [1.29, 1.82) is 0 Å². The lowest BCUT2D eigenvalue weighted by Crippen LogP contribution is -2.51. The smallest absolute Gasteiger partial charge is 0.408 e. The van der Waals surface area contributed by atoms with E-state index in [1.165, 1.54) is 30.2 Å². The number of hydrogen-bond donors (Lipinski definition) is 3. The van der Waals surface area contributed by atoms with Crippen molar-refractivity contribution in [3.8, 4) is 23.0 Å². The number of carbonyl (C=O) groups excluding carboxylic acids is 4. The van der Waals surface area contributed by atoms with Gasteiger partial charge in [0.2, 0.25) is 5.91 Å². The second-order valence-electron chi connectivity index (χ2n) is 17.7. The molecule has 20 heteroatoms. The molecule has 17 nitrogen and oxygen atoms in total. The van der Waals surface area contributed by atoms with Crippen LogP contribution in [-0.4, -0.2) is 91.8 Å². The van der Waals surface area contributed by atoms with Gasteiger partial charge in [-0.2, -0.15) is 5.10 Å². The molecule has 0 spiro atoms. The number of anilines is 2. The molecule has 68 heavy (non-hydrogen) atoms. The van der Waals surface area contributed by atoms with E-state index in [9.17, 15) is 19.2 Å². The van der Waals surface area contributed by atoms with Crippen molar-refractivity contribution in [2.24, 2.45) is 0 Å². The van der Waals surface area contributed by atoms with E-state index in [4.69, 9.17) is 45.4 Å². The Kier molecular flexibility index (Phi) is 18.4. The topological polar surface area (TPSA) is 207 Å². The highest BCUT2D eigenvalue weighted by molar-refractivity contribution is 6.33. The molecule has 366 valence electrons. The molecule has 0 saturated heterocycles. The summed E-state index contributed by atoms with van der Waals surface area (Å²) in [6, 6.07) is 8.96. The number of alkyl carbamates (subject to hydrolysis) is 1. The van der Waals surface area contributed by atoms with E-state index in [-0.39, 0.29) is 80.3 Å². The van der Waals surface area contributed by atoms with Crippen LogP contribution in [0.1, 0.15) is 99.5 Å². The second kappa shape index (κ2) is 23.9. The maximum atomic E-state index is 15.2. The number of halogens is 3. The van der Waals surface area contributed by atoms with Crippen LogP contribution in [0, 0.1) is 11.6 Å². The van der Waals surface area contributed by atoms with Crippen molar-refractivity contribution in [3.05, 3.63) is 83.3 Å². The molecule has 3 N–H and O–H groups in total. The molecule has 0 fully saturated rings. The Morgan fingerprint density at radius 3 is 2.28 bits per heavy atom. The molecule has 0 unspecified atom stereocenters. The summed E-state index contributed by atoms with van der Waals surface area (Å²) >= 11 is 6.44. The number of pyridine rings is 1. The molecular weight excluding hydrogens is 906 g/mol. The highest BCUT2D eigenvalue weighted by atomic mass is 35.5.